The number of aldehydes is 1. The highest BCUT2D eigenvalue weighted by molar-refractivity contribution is 5.91. The van der Waals surface area contributed by atoms with Crippen LogP contribution in [0, 0.1) is 11.8 Å². The van der Waals surface area contributed by atoms with Gasteiger partial charge in [0.1, 0.15) is 12.1 Å². The summed E-state index contributed by atoms with van der Waals surface area (Å²) in [6.45, 7) is 2.92. The largest absolute Gasteiger partial charge is 0.315 e. The fourth-order valence-electron chi connectivity index (χ4n) is 1.05. The van der Waals surface area contributed by atoms with Crippen LogP contribution in [0.5, 0.6) is 0 Å². The second-order valence-corrected chi connectivity index (χ2v) is 3.45. The van der Waals surface area contributed by atoms with Gasteiger partial charge in [0.05, 0.1) is 5.92 Å². The summed E-state index contributed by atoms with van der Waals surface area (Å²) in [5.41, 5.74) is 0. The monoisotopic (exact) mass is 169 g/mol. The zero-order chi connectivity index (χ0) is 8.97. The highest BCUT2D eigenvalue weighted by atomic mass is 16.1. The first-order valence-corrected chi connectivity index (χ1v) is 4.40. The maximum Gasteiger partial charge on any atom is 0.141 e. The van der Waals surface area contributed by atoms with E-state index in [4.69, 9.17) is 0 Å². The van der Waals surface area contributed by atoms with Crippen molar-refractivity contribution in [2.75, 3.05) is 13.1 Å². The Kier molecular flexibility index (Phi) is 3.41. The average molecular weight is 169 g/mol. The van der Waals surface area contributed by atoms with Gasteiger partial charge in [0.25, 0.3) is 0 Å². The molecule has 1 atom stereocenters. The van der Waals surface area contributed by atoms with E-state index in [9.17, 15) is 9.59 Å². The summed E-state index contributed by atoms with van der Waals surface area (Å²) in [5, 5.41) is 3.13. The van der Waals surface area contributed by atoms with Gasteiger partial charge in [-0.2, -0.15) is 0 Å². The van der Waals surface area contributed by atoms with Gasteiger partial charge in [0.15, 0.2) is 0 Å². The number of Topliss-reactive ketones (excluding diaryl/α,β-unsaturated/α-hetero) is 1. The number of carbonyl (C=O) groups excluding carboxylic acids is 2. The molecule has 12 heavy (non-hydrogen) atoms. The van der Waals surface area contributed by atoms with Crippen LogP contribution < -0.4 is 5.32 Å². The van der Waals surface area contributed by atoms with Gasteiger partial charge in [-0.1, -0.05) is 0 Å². The SMILES string of the molecule is CC(=O)C(C=O)CNCC1CC1. The Morgan fingerprint density at radius 1 is 1.67 bits per heavy atom. The number of hydrogen-bond donors (Lipinski definition) is 1. The molecule has 0 radical (unpaired) electrons. The molecule has 0 bridgehead atoms. The molecule has 3 heteroatoms. The third-order valence-electron chi connectivity index (χ3n) is 2.18. The Balaban J connectivity index is 2.09. The van der Waals surface area contributed by atoms with Crippen LogP contribution in [0.15, 0.2) is 0 Å². The van der Waals surface area contributed by atoms with E-state index >= 15 is 0 Å². The van der Waals surface area contributed by atoms with Crippen molar-refractivity contribution >= 4 is 12.1 Å². The highest BCUT2D eigenvalue weighted by Crippen LogP contribution is 2.27. The number of nitrogens with one attached hydrogen (secondary N) is 1. The van der Waals surface area contributed by atoms with E-state index in [1.807, 2.05) is 0 Å². The van der Waals surface area contributed by atoms with E-state index in [0.717, 1.165) is 18.7 Å². The van der Waals surface area contributed by atoms with Crippen LogP contribution in [-0.4, -0.2) is 25.2 Å². The molecular formula is C9H15NO2. The highest BCUT2D eigenvalue weighted by Gasteiger charge is 2.21. The number of rotatable bonds is 6. The van der Waals surface area contributed by atoms with E-state index in [1.54, 1.807) is 0 Å². The molecule has 1 fully saturated rings. The van der Waals surface area contributed by atoms with Crippen LogP contribution in [-0.2, 0) is 9.59 Å². The van der Waals surface area contributed by atoms with Crippen LogP contribution >= 0.6 is 0 Å². The summed E-state index contributed by atoms with van der Waals surface area (Å²) >= 11 is 0. The second-order valence-electron chi connectivity index (χ2n) is 3.45. The lowest BCUT2D eigenvalue weighted by atomic mass is 10.1. The summed E-state index contributed by atoms with van der Waals surface area (Å²) in [6.07, 6.45) is 3.31. The summed E-state index contributed by atoms with van der Waals surface area (Å²) < 4.78 is 0. The van der Waals surface area contributed by atoms with Crippen molar-refractivity contribution in [1.82, 2.24) is 5.32 Å². The minimum absolute atomic E-state index is 0.0479. The Morgan fingerprint density at radius 3 is 2.75 bits per heavy atom. The quantitative estimate of drug-likeness (QED) is 0.462. The molecular weight excluding hydrogens is 154 g/mol. The maximum absolute atomic E-state index is 10.8. The molecule has 0 spiro atoms. The summed E-state index contributed by atoms with van der Waals surface area (Å²) in [4.78, 5) is 21.2. The lowest BCUT2D eigenvalue weighted by Crippen LogP contribution is -2.29. The predicted octanol–water partition coefficient (Wildman–Crippen LogP) is 0.390. The van der Waals surface area contributed by atoms with Gasteiger partial charge in [0.2, 0.25) is 0 Å². The molecule has 0 aromatic carbocycles. The summed E-state index contributed by atoms with van der Waals surface area (Å²) in [7, 11) is 0. The minimum atomic E-state index is -0.441. The van der Waals surface area contributed by atoms with Crippen molar-refractivity contribution in [2.45, 2.75) is 19.8 Å². The molecule has 0 amide bonds. The Bertz CT molecular complexity index is 175. The lowest BCUT2D eigenvalue weighted by molar-refractivity contribution is -0.125. The van der Waals surface area contributed by atoms with Gasteiger partial charge in [0, 0.05) is 6.54 Å². The standard InChI is InChI=1S/C9H15NO2/c1-7(12)9(6-11)5-10-4-8-2-3-8/h6,8-10H,2-5H2,1H3. The first kappa shape index (κ1) is 9.39. The van der Waals surface area contributed by atoms with Gasteiger partial charge in [-0.25, -0.2) is 0 Å². The number of carbonyl (C=O) groups is 2. The third kappa shape index (κ3) is 3.13. The molecule has 1 saturated carbocycles. The Labute approximate surface area is 72.5 Å². The minimum Gasteiger partial charge on any atom is -0.315 e. The molecule has 68 valence electrons. The predicted molar refractivity (Wildman–Crippen MR) is 45.8 cm³/mol. The van der Waals surface area contributed by atoms with Gasteiger partial charge >= 0.3 is 0 Å². The van der Waals surface area contributed by atoms with Crippen LogP contribution in [0.3, 0.4) is 0 Å². The molecule has 3 nitrogen and oxygen atoms in total. The third-order valence-corrected chi connectivity index (χ3v) is 2.18. The zero-order valence-corrected chi connectivity index (χ0v) is 7.38. The molecule has 1 N–H and O–H groups in total. The van der Waals surface area contributed by atoms with Crippen molar-refractivity contribution in [1.29, 1.82) is 0 Å². The lowest BCUT2D eigenvalue weighted by Gasteiger charge is -2.06. The molecule has 1 unspecified atom stereocenters. The van der Waals surface area contributed by atoms with E-state index in [0.29, 0.717) is 6.54 Å². The Morgan fingerprint density at radius 2 is 2.33 bits per heavy atom. The van der Waals surface area contributed by atoms with Gasteiger partial charge in [-0.05, 0) is 32.2 Å². The van der Waals surface area contributed by atoms with Crippen LogP contribution in [0.2, 0.25) is 0 Å². The number of ketones is 1. The van der Waals surface area contributed by atoms with Gasteiger partial charge < -0.3 is 10.1 Å². The fourth-order valence-corrected chi connectivity index (χ4v) is 1.05. The first-order chi connectivity index (χ1) is 5.74. The smallest absolute Gasteiger partial charge is 0.141 e. The molecule has 1 aliphatic carbocycles. The van der Waals surface area contributed by atoms with Crippen LogP contribution in [0.25, 0.3) is 0 Å². The molecule has 0 aromatic heterocycles. The molecule has 0 aromatic rings. The number of hydrogen-bond acceptors (Lipinski definition) is 3. The van der Waals surface area contributed by atoms with Crippen molar-refractivity contribution < 1.29 is 9.59 Å². The van der Waals surface area contributed by atoms with Crippen LogP contribution in [0.1, 0.15) is 19.8 Å². The van der Waals surface area contributed by atoms with E-state index in [2.05, 4.69) is 5.32 Å². The maximum atomic E-state index is 10.8. The molecule has 0 heterocycles. The molecule has 0 aliphatic heterocycles. The van der Waals surface area contributed by atoms with Gasteiger partial charge in [-0.15, -0.1) is 0 Å². The Hall–Kier alpha value is -0.700. The van der Waals surface area contributed by atoms with Crippen LogP contribution in [0.4, 0.5) is 0 Å². The normalized spacial score (nSPS) is 18.8. The second kappa shape index (κ2) is 4.36. The van der Waals surface area contributed by atoms with Gasteiger partial charge in [-0.3, -0.25) is 4.79 Å². The van der Waals surface area contributed by atoms with E-state index in [1.165, 1.54) is 19.8 Å². The van der Waals surface area contributed by atoms with Crippen molar-refractivity contribution in [3.05, 3.63) is 0 Å². The van der Waals surface area contributed by atoms with E-state index < -0.39 is 5.92 Å². The molecule has 1 rings (SSSR count). The fraction of sp³-hybridized carbons (Fsp3) is 0.778. The topological polar surface area (TPSA) is 46.2 Å². The zero-order valence-electron chi connectivity index (χ0n) is 7.38. The summed E-state index contributed by atoms with van der Waals surface area (Å²) in [5.74, 6) is 0.307. The van der Waals surface area contributed by atoms with Crippen molar-refractivity contribution in [3.8, 4) is 0 Å². The van der Waals surface area contributed by atoms with E-state index in [-0.39, 0.29) is 5.78 Å². The average Bonchev–Trinajstić information content (AvgIpc) is 2.80. The summed E-state index contributed by atoms with van der Waals surface area (Å²) in [6, 6.07) is 0. The molecule has 0 saturated heterocycles. The van der Waals surface area contributed by atoms with Crippen molar-refractivity contribution in [3.63, 3.8) is 0 Å². The van der Waals surface area contributed by atoms with Crippen molar-refractivity contribution in [2.24, 2.45) is 11.8 Å². The molecule has 1 aliphatic rings. The first-order valence-electron chi connectivity index (χ1n) is 4.40.